The van der Waals surface area contributed by atoms with E-state index in [4.69, 9.17) is 5.73 Å². The lowest BCUT2D eigenvalue weighted by molar-refractivity contribution is 1.19. The average Bonchev–Trinajstić information content (AvgIpc) is 2.72. The summed E-state index contributed by atoms with van der Waals surface area (Å²) in [5, 5.41) is 0. The fourth-order valence-electron chi connectivity index (χ4n) is 1.62. The Morgan fingerprint density at radius 1 is 1.06 bits per heavy atom. The molecule has 3 aromatic rings. The van der Waals surface area contributed by atoms with E-state index in [2.05, 4.69) is 19.9 Å². The zero-order valence-corrected chi connectivity index (χ0v) is 8.77. The zero-order chi connectivity index (χ0) is 11.8. The van der Waals surface area contributed by atoms with Gasteiger partial charge in [0.1, 0.15) is 5.82 Å². The molecule has 0 bridgehead atoms. The first-order valence-corrected chi connectivity index (χ1v) is 5.04. The SMILES string of the molecule is Nc1ccc2[nH]c(-c3cccc(=O)[nH]3)nc2n1. The van der Waals surface area contributed by atoms with Gasteiger partial charge in [0, 0.05) is 6.07 Å². The molecule has 0 aliphatic carbocycles. The van der Waals surface area contributed by atoms with Crippen LogP contribution >= 0.6 is 0 Å². The fraction of sp³-hybridized carbons (Fsp3) is 0. The summed E-state index contributed by atoms with van der Waals surface area (Å²) in [5.74, 6) is 0.980. The van der Waals surface area contributed by atoms with Crippen molar-refractivity contribution in [1.29, 1.82) is 0 Å². The van der Waals surface area contributed by atoms with Crippen molar-refractivity contribution >= 4 is 17.0 Å². The maximum absolute atomic E-state index is 11.2. The predicted molar refractivity (Wildman–Crippen MR) is 64.4 cm³/mol. The highest BCUT2D eigenvalue weighted by atomic mass is 16.1. The highest BCUT2D eigenvalue weighted by Gasteiger charge is 2.06. The van der Waals surface area contributed by atoms with Gasteiger partial charge in [-0.05, 0) is 18.2 Å². The Morgan fingerprint density at radius 2 is 1.94 bits per heavy atom. The van der Waals surface area contributed by atoms with E-state index in [0.29, 0.717) is 23.0 Å². The average molecular weight is 227 g/mol. The van der Waals surface area contributed by atoms with Crippen molar-refractivity contribution < 1.29 is 0 Å². The van der Waals surface area contributed by atoms with E-state index in [0.717, 1.165) is 5.52 Å². The molecule has 6 heteroatoms. The number of rotatable bonds is 1. The third-order valence-corrected chi connectivity index (χ3v) is 2.39. The largest absolute Gasteiger partial charge is 0.384 e. The Balaban J connectivity index is 2.21. The van der Waals surface area contributed by atoms with Gasteiger partial charge >= 0.3 is 0 Å². The number of pyridine rings is 2. The highest BCUT2D eigenvalue weighted by molar-refractivity contribution is 5.76. The van der Waals surface area contributed by atoms with Crippen LogP contribution in [0.25, 0.3) is 22.7 Å². The summed E-state index contributed by atoms with van der Waals surface area (Å²) in [4.78, 5) is 25.3. The molecular formula is C11H9N5O. The molecule has 0 spiro atoms. The first-order chi connectivity index (χ1) is 8.22. The van der Waals surface area contributed by atoms with Crippen molar-refractivity contribution in [2.45, 2.75) is 0 Å². The van der Waals surface area contributed by atoms with Crippen molar-refractivity contribution in [2.75, 3.05) is 5.73 Å². The van der Waals surface area contributed by atoms with E-state index in [-0.39, 0.29) is 5.56 Å². The normalized spacial score (nSPS) is 10.8. The van der Waals surface area contributed by atoms with Crippen LogP contribution < -0.4 is 11.3 Å². The molecule has 0 aliphatic rings. The lowest BCUT2D eigenvalue weighted by Gasteiger charge is -1.93. The van der Waals surface area contributed by atoms with Crippen LogP contribution in [0.15, 0.2) is 35.1 Å². The summed E-state index contributed by atoms with van der Waals surface area (Å²) < 4.78 is 0. The number of aromatic nitrogens is 4. The van der Waals surface area contributed by atoms with Crippen LogP contribution in [0, 0.1) is 0 Å². The van der Waals surface area contributed by atoms with Crippen LogP contribution in [0.3, 0.4) is 0 Å². The first-order valence-electron chi connectivity index (χ1n) is 5.04. The number of H-pyrrole nitrogens is 2. The minimum atomic E-state index is -0.171. The summed E-state index contributed by atoms with van der Waals surface area (Å²) in [7, 11) is 0. The molecule has 0 atom stereocenters. The molecule has 0 amide bonds. The standard InChI is InChI=1S/C11H9N5O/c12-8-5-4-7-11(15-8)16-10(14-7)6-2-1-3-9(17)13-6/h1-5H,(H,13,17)(H3,12,14,15,16). The third kappa shape index (κ3) is 1.65. The number of anilines is 1. The summed E-state index contributed by atoms with van der Waals surface area (Å²) in [6.45, 7) is 0. The van der Waals surface area contributed by atoms with Gasteiger partial charge in [-0.25, -0.2) is 9.97 Å². The monoisotopic (exact) mass is 227 g/mol. The Morgan fingerprint density at radius 3 is 2.76 bits per heavy atom. The first kappa shape index (κ1) is 9.59. The minimum Gasteiger partial charge on any atom is -0.384 e. The van der Waals surface area contributed by atoms with Gasteiger partial charge in [-0.15, -0.1) is 0 Å². The quantitative estimate of drug-likeness (QED) is 0.574. The number of nitrogens with zero attached hydrogens (tertiary/aromatic N) is 2. The molecule has 3 aromatic heterocycles. The number of nitrogens with two attached hydrogens (primary N) is 1. The summed E-state index contributed by atoms with van der Waals surface area (Å²) >= 11 is 0. The van der Waals surface area contributed by atoms with Crippen molar-refractivity contribution in [3.63, 3.8) is 0 Å². The van der Waals surface area contributed by atoms with Crippen LogP contribution in [0.2, 0.25) is 0 Å². The van der Waals surface area contributed by atoms with Gasteiger partial charge in [0.2, 0.25) is 5.56 Å². The lowest BCUT2D eigenvalue weighted by atomic mass is 10.3. The molecule has 4 N–H and O–H groups in total. The van der Waals surface area contributed by atoms with Gasteiger partial charge in [0.25, 0.3) is 0 Å². The van der Waals surface area contributed by atoms with Crippen LogP contribution in [-0.4, -0.2) is 19.9 Å². The molecule has 0 aromatic carbocycles. The van der Waals surface area contributed by atoms with Gasteiger partial charge in [0.05, 0.1) is 11.2 Å². The maximum Gasteiger partial charge on any atom is 0.248 e. The summed E-state index contributed by atoms with van der Waals surface area (Å²) in [6, 6.07) is 8.38. The van der Waals surface area contributed by atoms with E-state index >= 15 is 0 Å². The van der Waals surface area contributed by atoms with E-state index in [1.54, 1.807) is 24.3 Å². The smallest absolute Gasteiger partial charge is 0.248 e. The fourth-order valence-corrected chi connectivity index (χ4v) is 1.62. The Labute approximate surface area is 95.5 Å². The Bertz CT molecular complexity index is 743. The topological polar surface area (TPSA) is 100 Å². The number of nitrogens with one attached hydrogen (secondary N) is 2. The van der Waals surface area contributed by atoms with Gasteiger partial charge in [-0.1, -0.05) is 6.07 Å². The summed E-state index contributed by atoms with van der Waals surface area (Å²) in [5.41, 5.74) is 7.33. The van der Waals surface area contributed by atoms with Crippen LogP contribution in [-0.2, 0) is 0 Å². The Kier molecular flexibility index (Phi) is 1.94. The molecule has 3 rings (SSSR count). The molecular weight excluding hydrogens is 218 g/mol. The molecule has 0 fully saturated rings. The number of hydrogen-bond donors (Lipinski definition) is 3. The number of fused-ring (bicyclic) bond motifs is 1. The zero-order valence-electron chi connectivity index (χ0n) is 8.77. The second-order valence-corrected chi connectivity index (χ2v) is 3.62. The molecule has 0 saturated carbocycles. The number of imidazole rings is 1. The van der Waals surface area contributed by atoms with Crippen molar-refractivity contribution in [1.82, 2.24) is 19.9 Å². The van der Waals surface area contributed by atoms with E-state index in [1.807, 2.05) is 0 Å². The maximum atomic E-state index is 11.2. The van der Waals surface area contributed by atoms with Crippen molar-refractivity contribution in [3.05, 3.63) is 40.7 Å². The van der Waals surface area contributed by atoms with Crippen LogP contribution in [0.5, 0.6) is 0 Å². The second-order valence-electron chi connectivity index (χ2n) is 3.62. The van der Waals surface area contributed by atoms with Gasteiger partial charge in [0.15, 0.2) is 11.5 Å². The molecule has 3 heterocycles. The molecule has 6 nitrogen and oxygen atoms in total. The van der Waals surface area contributed by atoms with E-state index < -0.39 is 0 Å². The minimum absolute atomic E-state index is 0.171. The number of hydrogen-bond acceptors (Lipinski definition) is 4. The molecule has 0 saturated heterocycles. The highest BCUT2D eigenvalue weighted by Crippen LogP contribution is 2.17. The van der Waals surface area contributed by atoms with Crippen molar-refractivity contribution in [3.8, 4) is 11.5 Å². The third-order valence-electron chi connectivity index (χ3n) is 2.39. The van der Waals surface area contributed by atoms with Crippen molar-refractivity contribution in [2.24, 2.45) is 0 Å². The summed E-state index contributed by atoms with van der Waals surface area (Å²) in [6.07, 6.45) is 0. The number of nitrogen functional groups attached to an aromatic ring is 1. The second kappa shape index (κ2) is 3.44. The lowest BCUT2D eigenvalue weighted by Crippen LogP contribution is -2.03. The predicted octanol–water partition coefficient (Wildman–Crippen LogP) is 0.895. The Hall–Kier alpha value is -2.63. The molecule has 0 aliphatic heterocycles. The van der Waals surface area contributed by atoms with E-state index in [1.165, 1.54) is 6.07 Å². The van der Waals surface area contributed by atoms with Gasteiger partial charge in [-0.3, -0.25) is 4.79 Å². The van der Waals surface area contributed by atoms with Gasteiger partial charge in [-0.2, -0.15) is 0 Å². The molecule has 0 radical (unpaired) electrons. The van der Waals surface area contributed by atoms with Gasteiger partial charge < -0.3 is 15.7 Å². The number of aromatic amines is 2. The van der Waals surface area contributed by atoms with E-state index in [9.17, 15) is 4.79 Å². The molecule has 84 valence electrons. The van der Waals surface area contributed by atoms with Crippen LogP contribution in [0.1, 0.15) is 0 Å². The molecule has 0 unspecified atom stereocenters. The van der Waals surface area contributed by atoms with Crippen LogP contribution in [0.4, 0.5) is 5.82 Å². The molecule has 17 heavy (non-hydrogen) atoms.